The highest BCUT2D eigenvalue weighted by Crippen LogP contribution is 2.26. The molecule has 0 aromatic carbocycles. The molecule has 0 aromatic heterocycles. The van der Waals surface area contributed by atoms with Gasteiger partial charge in [-0.2, -0.15) is 0 Å². The first-order valence-electron chi connectivity index (χ1n) is 5.71. The number of sulfonamides is 1. The number of unbranched alkanes of at least 4 members (excludes halogenated alkanes) is 1. The van der Waals surface area contributed by atoms with Crippen molar-refractivity contribution in [1.29, 1.82) is 0 Å². The molecule has 1 N–H and O–H groups in total. The fourth-order valence-electron chi connectivity index (χ4n) is 1.82. The van der Waals surface area contributed by atoms with Gasteiger partial charge in [-0.3, -0.25) is 0 Å². The molecule has 0 atom stereocenters. The molecule has 0 aromatic rings. The highest BCUT2D eigenvalue weighted by molar-refractivity contribution is 7.90. The first kappa shape index (κ1) is 12.7. The van der Waals surface area contributed by atoms with Crippen LogP contribution in [0.1, 0.15) is 45.4 Å². The van der Waals surface area contributed by atoms with Gasteiger partial charge in [0.2, 0.25) is 10.0 Å². The van der Waals surface area contributed by atoms with Gasteiger partial charge in [0.1, 0.15) is 0 Å². The summed E-state index contributed by atoms with van der Waals surface area (Å²) in [7, 11) is -3.07. The Balaban J connectivity index is 2.43. The van der Waals surface area contributed by atoms with E-state index >= 15 is 0 Å². The van der Waals surface area contributed by atoms with E-state index in [1.807, 2.05) is 0 Å². The lowest BCUT2D eigenvalue weighted by atomic mass is 9.96. The van der Waals surface area contributed by atoms with Gasteiger partial charge in [-0.05, 0) is 32.1 Å². The molecule has 0 saturated heterocycles. The quantitative estimate of drug-likeness (QED) is 0.582. The van der Waals surface area contributed by atoms with Gasteiger partial charge in [0.25, 0.3) is 0 Å². The van der Waals surface area contributed by atoms with E-state index in [-0.39, 0.29) is 5.25 Å². The summed E-state index contributed by atoms with van der Waals surface area (Å²) in [6, 6.07) is 0. The number of allylic oxidation sites excluding steroid dienone is 1. The second-order valence-corrected chi connectivity index (χ2v) is 6.29. The number of hydrogen-bond donors (Lipinski definition) is 1. The van der Waals surface area contributed by atoms with Crippen molar-refractivity contribution in [3.05, 3.63) is 12.2 Å². The van der Waals surface area contributed by atoms with Gasteiger partial charge in [0, 0.05) is 6.54 Å². The summed E-state index contributed by atoms with van der Waals surface area (Å²) in [5.41, 5.74) is 1.19. The summed E-state index contributed by atoms with van der Waals surface area (Å²) in [6.07, 6.45) is 5.13. The van der Waals surface area contributed by atoms with Gasteiger partial charge in [-0.1, -0.05) is 25.5 Å². The third kappa shape index (κ3) is 3.95. The van der Waals surface area contributed by atoms with Crippen LogP contribution < -0.4 is 4.72 Å². The molecule has 1 aliphatic rings. The zero-order chi connectivity index (χ0) is 11.3. The molecule has 15 heavy (non-hydrogen) atoms. The minimum atomic E-state index is -3.07. The van der Waals surface area contributed by atoms with E-state index < -0.39 is 10.0 Å². The van der Waals surface area contributed by atoms with Crippen molar-refractivity contribution >= 4 is 10.0 Å². The predicted octanol–water partition coefficient (Wildman–Crippen LogP) is 2.20. The third-order valence-corrected chi connectivity index (χ3v) is 4.87. The molecular weight excluding hydrogens is 210 g/mol. The second kappa shape index (κ2) is 5.66. The van der Waals surface area contributed by atoms with Crippen LogP contribution in [-0.4, -0.2) is 20.2 Å². The fraction of sp³-hybridized carbons (Fsp3) is 0.818. The largest absolute Gasteiger partial charge is 0.215 e. The summed E-state index contributed by atoms with van der Waals surface area (Å²) in [5, 5.41) is -0.195. The van der Waals surface area contributed by atoms with Gasteiger partial charge in [0.05, 0.1) is 5.25 Å². The Hall–Kier alpha value is -0.350. The molecule has 0 unspecified atom stereocenters. The molecule has 0 amide bonds. The van der Waals surface area contributed by atoms with E-state index in [9.17, 15) is 8.42 Å². The highest BCUT2D eigenvalue weighted by atomic mass is 32.2. The van der Waals surface area contributed by atoms with Crippen LogP contribution in [0.3, 0.4) is 0 Å². The van der Waals surface area contributed by atoms with E-state index in [1.165, 1.54) is 5.57 Å². The number of nitrogens with one attached hydrogen (secondary N) is 1. The minimum absolute atomic E-state index is 0.195. The van der Waals surface area contributed by atoms with Crippen molar-refractivity contribution in [2.45, 2.75) is 50.7 Å². The van der Waals surface area contributed by atoms with Crippen molar-refractivity contribution < 1.29 is 8.42 Å². The Morgan fingerprint density at radius 3 is 2.53 bits per heavy atom. The Bertz CT molecular complexity index is 299. The molecule has 4 heteroatoms. The van der Waals surface area contributed by atoms with Crippen LogP contribution in [0.5, 0.6) is 0 Å². The fourth-order valence-corrected chi connectivity index (χ4v) is 3.34. The Labute approximate surface area is 93.0 Å². The monoisotopic (exact) mass is 231 g/mol. The molecule has 1 aliphatic carbocycles. The zero-order valence-corrected chi connectivity index (χ0v) is 10.3. The summed E-state index contributed by atoms with van der Waals surface area (Å²) in [6.45, 7) is 6.52. The van der Waals surface area contributed by atoms with Gasteiger partial charge < -0.3 is 0 Å². The lowest BCUT2D eigenvalue weighted by Crippen LogP contribution is -2.36. The molecule has 3 nitrogen and oxygen atoms in total. The summed E-state index contributed by atoms with van der Waals surface area (Å²) < 4.78 is 26.3. The van der Waals surface area contributed by atoms with Gasteiger partial charge >= 0.3 is 0 Å². The van der Waals surface area contributed by atoms with Crippen LogP contribution in [0.25, 0.3) is 0 Å². The minimum Gasteiger partial charge on any atom is -0.215 e. The Morgan fingerprint density at radius 1 is 1.40 bits per heavy atom. The smallest absolute Gasteiger partial charge is 0.214 e. The molecule has 88 valence electrons. The lowest BCUT2D eigenvalue weighted by Gasteiger charge is -2.23. The van der Waals surface area contributed by atoms with Crippen LogP contribution in [0.4, 0.5) is 0 Å². The van der Waals surface area contributed by atoms with E-state index in [0.717, 1.165) is 38.5 Å². The van der Waals surface area contributed by atoms with Crippen molar-refractivity contribution in [1.82, 2.24) is 4.72 Å². The summed E-state index contributed by atoms with van der Waals surface area (Å²) >= 11 is 0. The summed E-state index contributed by atoms with van der Waals surface area (Å²) in [5.74, 6) is 0. The Morgan fingerprint density at radius 2 is 2.00 bits per heavy atom. The molecule has 1 fully saturated rings. The van der Waals surface area contributed by atoms with Gasteiger partial charge in [-0.25, -0.2) is 13.1 Å². The van der Waals surface area contributed by atoms with Crippen LogP contribution >= 0.6 is 0 Å². The molecule has 0 aliphatic heterocycles. The maximum Gasteiger partial charge on any atom is 0.214 e. The number of rotatable bonds is 5. The second-order valence-electron chi connectivity index (χ2n) is 4.24. The SMILES string of the molecule is C=C1CCC(S(=O)(=O)NCCCC)CC1. The first-order chi connectivity index (χ1) is 7.06. The standard InChI is InChI=1S/C11H21NO2S/c1-3-4-9-12-15(13,14)11-7-5-10(2)6-8-11/h11-12H,2-9H2,1H3. The number of hydrogen-bond acceptors (Lipinski definition) is 2. The molecular formula is C11H21NO2S. The normalized spacial score (nSPS) is 19.4. The van der Waals surface area contributed by atoms with Gasteiger partial charge in [-0.15, -0.1) is 0 Å². The van der Waals surface area contributed by atoms with Crippen LogP contribution in [0, 0.1) is 0 Å². The third-order valence-electron chi connectivity index (χ3n) is 2.91. The van der Waals surface area contributed by atoms with E-state index in [4.69, 9.17) is 0 Å². The molecule has 0 bridgehead atoms. The average Bonchev–Trinajstić information content (AvgIpc) is 2.18. The Kier molecular flexibility index (Phi) is 4.80. The average molecular weight is 231 g/mol. The van der Waals surface area contributed by atoms with E-state index in [1.54, 1.807) is 0 Å². The maximum absolute atomic E-state index is 11.8. The van der Waals surface area contributed by atoms with Crippen LogP contribution in [0.15, 0.2) is 12.2 Å². The van der Waals surface area contributed by atoms with Crippen LogP contribution in [0.2, 0.25) is 0 Å². The van der Waals surface area contributed by atoms with E-state index in [2.05, 4.69) is 18.2 Å². The van der Waals surface area contributed by atoms with E-state index in [0.29, 0.717) is 6.54 Å². The first-order valence-corrected chi connectivity index (χ1v) is 7.26. The molecule has 0 radical (unpaired) electrons. The molecule has 1 saturated carbocycles. The summed E-state index contributed by atoms with van der Waals surface area (Å²) in [4.78, 5) is 0. The lowest BCUT2D eigenvalue weighted by molar-refractivity contribution is 0.524. The predicted molar refractivity (Wildman–Crippen MR) is 63.2 cm³/mol. The van der Waals surface area contributed by atoms with Crippen molar-refractivity contribution in [3.63, 3.8) is 0 Å². The molecule has 0 heterocycles. The van der Waals surface area contributed by atoms with Crippen molar-refractivity contribution in [3.8, 4) is 0 Å². The highest BCUT2D eigenvalue weighted by Gasteiger charge is 2.27. The van der Waals surface area contributed by atoms with Crippen LogP contribution in [-0.2, 0) is 10.0 Å². The van der Waals surface area contributed by atoms with Crippen molar-refractivity contribution in [2.24, 2.45) is 0 Å². The topological polar surface area (TPSA) is 46.2 Å². The molecule has 0 spiro atoms. The maximum atomic E-state index is 11.8. The molecule has 1 rings (SSSR count). The zero-order valence-electron chi connectivity index (χ0n) is 9.46. The van der Waals surface area contributed by atoms with Gasteiger partial charge in [0.15, 0.2) is 0 Å². The van der Waals surface area contributed by atoms with Crippen molar-refractivity contribution in [2.75, 3.05) is 6.54 Å².